The average molecular weight is 446 g/mol. The molecule has 4 rings (SSSR count). The molecule has 3 aromatic rings. The Hall–Kier alpha value is -2.96. The molecule has 0 saturated carbocycles. The first kappa shape index (κ1) is 20.3. The van der Waals surface area contributed by atoms with Crippen molar-refractivity contribution in [2.45, 2.75) is 19.7 Å². The Morgan fingerprint density at radius 2 is 1.73 bits per heavy atom. The van der Waals surface area contributed by atoms with Crippen LogP contribution in [0, 0.1) is 0 Å². The normalized spacial score (nSPS) is 13.3. The van der Waals surface area contributed by atoms with Crippen LogP contribution < -0.4 is 5.43 Å². The van der Waals surface area contributed by atoms with Crippen molar-refractivity contribution in [3.8, 4) is 11.5 Å². The molecule has 1 aliphatic heterocycles. The first-order chi connectivity index (χ1) is 14.4. The van der Waals surface area contributed by atoms with E-state index in [0.29, 0.717) is 35.4 Å². The Bertz CT molecular complexity index is 1160. The molecule has 6 nitrogen and oxygen atoms in total. The van der Waals surface area contributed by atoms with Crippen LogP contribution >= 0.6 is 23.2 Å². The van der Waals surface area contributed by atoms with E-state index in [4.69, 9.17) is 23.2 Å². The zero-order valence-electron chi connectivity index (χ0n) is 15.9. The minimum absolute atomic E-state index is 0.00734. The molecule has 2 heterocycles. The molecule has 2 aromatic carbocycles. The van der Waals surface area contributed by atoms with Gasteiger partial charge in [0, 0.05) is 37.8 Å². The third kappa shape index (κ3) is 4.01. The summed E-state index contributed by atoms with van der Waals surface area (Å²) in [6.45, 7) is 1.39. The smallest absolute Gasteiger partial charge is 0.274 e. The van der Waals surface area contributed by atoms with Gasteiger partial charge >= 0.3 is 0 Å². The van der Waals surface area contributed by atoms with Crippen LogP contribution in [0.5, 0.6) is 11.5 Å². The second-order valence-corrected chi connectivity index (χ2v) is 7.79. The highest BCUT2D eigenvalue weighted by atomic mass is 35.5. The van der Waals surface area contributed by atoms with E-state index in [1.807, 2.05) is 30.3 Å². The number of para-hydroxylation sites is 1. The van der Waals surface area contributed by atoms with Crippen LogP contribution in [0.3, 0.4) is 0 Å². The van der Waals surface area contributed by atoms with E-state index in [2.05, 4.69) is 4.74 Å². The van der Waals surface area contributed by atoms with Crippen molar-refractivity contribution in [1.82, 2.24) is 9.47 Å². The molecule has 0 aliphatic carbocycles. The minimum atomic E-state index is -0.593. The zero-order chi connectivity index (χ0) is 21.3. The Kier molecular flexibility index (Phi) is 5.70. The lowest BCUT2D eigenvalue weighted by Gasteiger charge is -2.31. The van der Waals surface area contributed by atoms with Gasteiger partial charge < -0.3 is 19.3 Å². The van der Waals surface area contributed by atoms with Gasteiger partial charge in [-0.05, 0) is 17.7 Å². The van der Waals surface area contributed by atoms with Crippen LogP contribution in [0.15, 0.2) is 59.4 Å². The number of carbonyl (C=O) groups excluding carboxylic acids is 1. The highest BCUT2D eigenvalue weighted by molar-refractivity contribution is 6.42. The highest BCUT2D eigenvalue weighted by Gasteiger charge is 2.30. The molecule has 0 bridgehead atoms. The van der Waals surface area contributed by atoms with Gasteiger partial charge in [-0.3, -0.25) is 9.59 Å². The highest BCUT2D eigenvalue weighted by Crippen LogP contribution is 2.26. The van der Waals surface area contributed by atoms with Crippen LogP contribution in [0.2, 0.25) is 10.0 Å². The summed E-state index contributed by atoms with van der Waals surface area (Å²) < 4.78 is 6.17. The molecule has 8 heteroatoms. The van der Waals surface area contributed by atoms with Crippen molar-refractivity contribution in [2.24, 2.45) is 0 Å². The number of aromatic nitrogens is 1. The average Bonchev–Trinajstić information content (AvgIpc) is 2.74. The third-order valence-electron chi connectivity index (χ3n) is 4.99. The molecule has 1 aromatic heterocycles. The van der Waals surface area contributed by atoms with Crippen molar-refractivity contribution in [3.05, 3.63) is 91.8 Å². The van der Waals surface area contributed by atoms with Crippen molar-refractivity contribution < 1.29 is 14.6 Å². The number of aromatic hydroxyl groups is 2. The molecule has 0 spiro atoms. The molecule has 0 fully saturated rings. The van der Waals surface area contributed by atoms with E-state index in [9.17, 15) is 14.7 Å². The topological polar surface area (TPSA) is 75.3 Å². The van der Waals surface area contributed by atoms with Crippen LogP contribution in [0.25, 0.3) is 0 Å². The molecule has 0 radical (unpaired) electrons. The number of ether oxygens (including phenoxy) is 1. The fourth-order valence-corrected chi connectivity index (χ4v) is 3.80. The van der Waals surface area contributed by atoms with Gasteiger partial charge in [-0.25, -0.2) is 0 Å². The number of hydrogen-bond donors (Lipinski definition) is 1. The predicted octanol–water partition coefficient (Wildman–Crippen LogP) is 3.96. The number of rotatable bonds is 5. The number of halogens is 2. The van der Waals surface area contributed by atoms with Gasteiger partial charge in [-0.15, -0.1) is 0 Å². The zero-order valence-corrected chi connectivity index (χ0v) is 17.4. The number of benzene rings is 2. The fraction of sp³-hybridized carbons (Fsp3) is 0.182. The van der Waals surface area contributed by atoms with Gasteiger partial charge in [0.05, 0.1) is 10.0 Å². The SMILES string of the molecule is O=C1c2c(O)c(=O)cc(C[OH+]c3ccccc3)n2CCN1Cc1ccc(Cl)c(Cl)c1. The number of hydrogen-bond acceptors (Lipinski definition) is 3. The number of nitrogens with zero attached hydrogens (tertiary/aromatic N) is 2. The molecular weight excluding hydrogens is 427 g/mol. The maximum Gasteiger partial charge on any atom is 0.274 e. The Labute approximate surface area is 182 Å². The summed E-state index contributed by atoms with van der Waals surface area (Å²) in [6, 6.07) is 15.9. The lowest BCUT2D eigenvalue weighted by atomic mass is 10.1. The van der Waals surface area contributed by atoms with E-state index in [1.54, 1.807) is 27.7 Å². The number of fused-ring (bicyclic) bond motifs is 1. The Morgan fingerprint density at radius 1 is 0.967 bits per heavy atom. The van der Waals surface area contributed by atoms with Crippen molar-refractivity contribution in [1.29, 1.82) is 0 Å². The second kappa shape index (κ2) is 8.42. The monoisotopic (exact) mass is 445 g/mol. The van der Waals surface area contributed by atoms with Gasteiger partial charge in [0.2, 0.25) is 12.0 Å². The van der Waals surface area contributed by atoms with Crippen LogP contribution in [-0.4, -0.2) is 31.8 Å². The molecular formula is C22H19Cl2N2O4+. The number of pyridine rings is 1. The molecule has 2 N–H and O–H groups in total. The van der Waals surface area contributed by atoms with E-state index in [0.717, 1.165) is 11.3 Å². The Morgan fingerprint density at radius 3 is 2.47 bits per heavy atom. The third-order valence-corrected chi connectivity index (χ3v) is 5.73. The quantitative estimate of drug-likeness (QED) is 0.603. The van der Waals surface area contributed by atoms with E-state index >= 15 is 0 Å². The standard InChI is InChI=1S/C22H18Cl2N2O4/c23-17-7-6-14(10-18(17)24)12-25-8-9-26-15(13-30-16-4-2-1-3-5-16)11-19(27)21(28)20(26)22(25)29/h1-7,10-11,28H,8-9,12-13H2/p+1. The first-order valence-corrected chi connectivity index (χ1v) is 10.1. The number of amides is 1. The molecule has 30 heavy (non-hydrogen) atoms. The summed E-state index contributed by atoms with van der Waals surface area (Å²) >= 11 is 12.0. The maximum absolute atomic E-state index is 13.1. The van der Waals surface area contributed by atoms with Gasteiger partial charge in [0.15, 0.2) is 11.4 Å². The van der Waals surface area contributed by atoms with Gasteiger partial charge in [-0.1, -0.05) is 47.5 Å². The van der Waals surface area contributed by atoms with Crippen molar-refractivity contribution in [2.75, 3.05) is 6.54 Å². The Balaban J connectivity index is 1.61. The van der Waals surface area contributed by atoms with Crippen LogP contribution in [0.4, 0.5) is 0 Å². The largest absolute Gasteiger partial charge is 0.578 e. The lowest BCUT2D eigenvalue weighted by Crippen LogP contribution is -2.42. The van der Waals surface area contributed by atoms with Crippen LogP contribution in [0.1, 0.15) is 21.7 Å². The molecule has 0 saturated heterocycles. The summed E-state index contributed by atoms with van der Waals surface area (Å²) in [5.41, 5.74) is 0.791. The predicted molar refractivity (Wildman–Crippen MR) is 115 cm³/mol. The lowest BCUT2D eigenvalue weighted by molar-refractivity contribution is 0.0444. The molecule has 0 unspecified atom stereocenters. The van der Waals surface area contributed by atoms with Crippen molar-refractivity contribution in [3.63, 3.8) is 0 Å². The summed E-state index contributed by atoms with van der Waals surface area (Å²) in [5.74, 6) is -0.179. The molecule has 154 valence electrons. The number of carbonyl (C=O) groups is 1. The molecule has 1 amide bonds. The molecule has 0 atom stereocenters. The molecule has 1 aliphatic rings. The summed E-state index contributed by atoms with van der Waals surface area (Å²) in [5, 5.41) is 11.2. The second-order valence-electron chi connectivity index (χ2n) is 6.98. The van der Waals surface area contributed by atoms with E-state index in [1.165, 1.54) is 6.07 Å². The maximum atomic E-state index is 13.1. The summed E-state index contributed by atoms with van der Waals surface area (Å²) in [4.78, 5) is 27.0. The van der Waals surface area contributed by atoms with Gasteiger partial charge in [-0.2, -0.15) is 0 Å². The minimum Gasteiger partial charge on any atom is -0.578 e. The van der Waals surface area contributed by atoms with Gasteiger partial charge in [0.25, 0.3) is 11.7 Å². The first-order valence-electron chi connectivity index (χ1n) is 9.35. The van der Waals surface area contributed by atoms with E-state index < -0.39 is 17.1 Å². The van der Waals surface area contributed by atoms with Crippen LogP contribution in [-0.2, 0) is 19.7 Å². The number of aliphatic hydroxyl groups is 1. The fourth-order valence-electron chi connectivity index (χ4n) is 3.48. The van der Waals surface area contributed by atoms with Crippen molar-refractivity contribution >= 4 is 29.1 Å². The summed E-state index contributed by atoms with van der Waals surface area (Å²) in [6.07, 6.45) is 0. The van der Waals surface area contributed by atoms with Gasteiger partial charge in [0.1, 0.15) is 5.69 Å². The van der Waals surface area contributed by atoms with E-state index in [-0.39, 0.29) is 12.3 Å². The summed E-state index contributed by atoms with van der Waals surface area (Å²) in [7, 11) is 0.